The molecule has 1 amide bonds. The summed E-state index contributed by atoms with van der Waals surface area (Å²) in [6.07, 6.45) is 0.416. The zero-order chi connectivity index (χ0) is 16.8. The molecular weight excluding hydrogens is 290 g/mol. The van der Waals surface area contributed by atoms with Crippen LogP contribution in [-0.2, 0) is 10.2 Å². The zero-order valence-electron chi connectivity index (χ0n) is 14.4. The summed E-state index contributed by atoms with van der Waals surface area (Å²) in [6, 6.07) is 6.17. The second-order valence-electron chi connectivity index (χ2n) is 7.40. The van der Waals surface area contributed by atoms with Crippen molar-refractivity contribution in [3.05, 3.63) is 41.0 Å². The maximum absolute atomic E-state index is 12.5. The van der Waals surface area contributed by atoms with Crippen molar-refractivity contribution in [1.82, 2.24) is 10.1 Å². The summed E-state index contributed by atoms with van der Waals surface area (Å²) in [4.78, 5) is 18.8. The van der Waals surface area contributed by atoms with E-state index >= 15 is 0 Å². The summed E-state index contributed by atoms with van der Waals surface area (Å²) >= 11 is 0. The molecular formula is C18H23N3O2. The van der Waals surface area contributed by atoms with Crippen LogP contribution in [-0.4, -0.2) is 22.6 Å². The van der Waals surface area contributed by atoms with Crippen molar-refractivity contribution >= 4 is 11.6 Å². The third-order valence-electron chi connectivity index (χ3n) is 4.24. The van der Waals surface area contributed by atoms with Crippen molar-refractivity contribution < 1.29 is 9.32 Å². The molecule has 1 fully saturated rings. The SMILES string of the molecule is Cc1ccc(C)c(N2CC(c3nc(C(C)(C)C)no3)CC2=O)c1. The van der Waals surface area contributed by atoms with Crippen LogP contribution in [0.25, 0.3) is 0 Å². The van der Waals surface area contributed by atoms with E-state index in [1.807, 2.05) is 39.5 Å². The average Bonchev–Trinajstić information content (AvgIpc) is 3.07. The molecule has 1 atom stereocenters. The quantitative estimate of drug-likeness (QED) is 0.851. The third-order valence-corrected chi connectivity index (χ3v) is 4.24. The summed E-state index contributed by atoms with van der Waals surface area (Å²) in [5.41, 5.74) is 3.07. The average molecular weight is 313 g/mol. The summed E-state index contributed by atoms with van der Waals surface area (Å²) in [5, 5.41) is 4.07. The van der Waals surface area contributed by atoms with Gasteiger partial charge in [-0.1, -0.05) is 38.1 Å². The van der Waals surface area contributed by atoms with E-state index in [0.717, 1.165) is 16.8 Å². The molecule has 0 aliphatic carbocycles. The summed E-state index contributed by atoms with van der Waals surface area (Å²) in [7, 11) is 0. The van der Waals surface area contributed by atoms with Crippen molar-refractivity contribution in [3.8, 4) is 0 Å². The van der Waals surface area contributed by atoms with Gasteiger partial charge in [-0.15, -0.1) is 0 Å². The normalized spacial score (nSPS) is 18.7. The van der Waals surface area contributed by atoms with Gasteiger partial charge in [-0.3, -0.25) is 4.79 Å². The Balaban J connectivity index is 1.85. The Bertz CT molecular complexity index is 743. The first-order chi connectivity index (χ1) is 10.8. The molecule has 0 radical (unpaired) electrons. The number of rotatable bonds is 2. The van der Waals surface area contributed by atoms with E-state index in [0.29, 0.717) is 24.7 Å². The molecule has 5 heteroatoms. The van der Waals surface area contributed by atoms with Crippen molar-refractivity contribution in [2.75, 3.05) is 11.4 Å². The van der Waals surface area contributed by atoms with E-state index < -0.39 is 0 Å². The first kappa shape index (κ1) is 15.7. The van der Waals surface area contributed by atoms with E-state index in [9.17, 15) is 4.79 Å². The first-order valence-corrected chi connectivity index (χ1v) is 7.97. The lowest BCUT2D eigenvalue weighted by Gasteiger charge is -2.19. The molecule has 1 aliphatic heterocycles. The number of amides is 1. The van der Waals surface area contributed by atoms with Crippen LogP contribution in [0.4, 0.5) is 5.69 Å². The monoisotopic (exact) mass is 313 g/mol. The van der Waals surface area contributed by atoms with Crippen molar-refractivity contribution in [2.24, 2.45) is 0 Å². The van der Waals surface area contributed by atoms with E-state index in [2.05, 4.69) is 28.3 Å². The van der Waals surface area contributed by atoms with Crippen LogP contribution in [0.1, 0.15) is 56.0 Å². The van der Waals surface area contributed by atoms with Gasteiger partial charge in [0.2, 0.25) is 11.8 Å². The molecule has 5 nitrogen and oxygen atoms in total. The van der Waals surface area contributed by atoms with Crippen molar-refractivity contribution in [2.45, 2.75) is 52.4 Å². The summed E-state index contributed by atoms with van der Waals surface area (Å²) < 4.78 is 5.42. The van der Waals surface area contributed by atoms with Crippen LogP contribution in [0.3, 0.4) is 0 Å². The van der Waals surface area contributed by atoms with Crippen LogP contribution >= 0.6 is 0 Å². The number of hydrogen-bond donors (Lipinski definition) is 0. The number of carbonyl (C=O) groups is 1. The molecule has 0 saturated carbocycles. The molecule has 0 bridgehead atoms. The molecule has 122 valence electrons. The highest BCUT2D eigenvalue weighted by Crippen LogP contribution is 2.33. The lowest BCUT2D eigenvalue weighted by Crippen LogP contribution is -2.25. The van der Waals surface area contributed by atoms with Gasteiger partial charge in [-0.05, 0) is 31.0 Å². The number of anilines is 1. The largest absolute Gasteiger partial charge is 0.339 e. The van der Waals surface area contributed by atoms with Crippen LogP contribution in [0, 0.1) is 13.8 Å². The van der Waals surface area contributed by atoms with Crippen LogP contribution in [0.2, 0.25) is 0 Å². The lowest BCUT2D eigenvalue weighted by atomic mass is 9.96. The van der Waals surface area contributed by atoms with Crippen molar-refractivity contribution in [3.63, 3.8) is 0 Å². The van der Waals surface area contributed by atoms with Gasteiger partial charge in [-0.2, -0.15) is 4.98 Å². The van der Waals surface area contributed by atoms with E-state index in [1.165, 1.54) is 0 Å². The Hall–Kier alpha value is -2.17. The second-order valence-corrected chi connectivity index (χ2v) is 7.40. The van der Waals surface area contributed by atoms with E-state index in [4.69, 9.17) is 4.52 Å². The van der Waals surface area contributed by atoms with Gasteiger partial charge in [0.1, 0.15) is 0 Å². The Morgan fingerprint density at radius 3 is 2.65 bits per heavy atom. The molecule has 1 aliphatic rings. The highest BCUT2D eigenvalue weighted by Gasteiger charge is 2.36. The second kappa shape index (κ2) is 5.48. The fraction of sp³-hybridized carbons (Fsp3) is 0.500. The Labute approximate surface area is 136 Å². The highest BCUT2D eigenvalue weighted by molar-refractivity contribution is 5.97. The molecule has 2 heterocycles. The van der Waals surface area contributed by atoms with Crippen LogP contribution < -0.4 is 4.90 Å². The minimum atomic E-state index is -0.156. The predicted octanol–water partition coefficient (Wildman–Crippen LogP) is 3.50. The lowest BCUT2D eigenvalue weighted by molar-refractivity contribution is -0.117. The zero-order valence-corrected chi connectivity index (χ0v) is 14.4. The fourth-order valence-corrected chi connectivity index (χ4v) is 2.82. The van der Waals surface area contributed by atoms with Crippen molar-refractivity contribution in [1.29, 1.82) is 0 Å². The Morgan fingerprint density at radius 1 is 1.26 bits per heavy atom. The predicted molar refractivity (Wildman–Crippen MR) is 88.6 cm³/mol. The number of benzene rings is 1. The Morgan fingerprint density at radius 2 is 2.00 bits per heavy atom. The van der Waals surface area contributed by atoms with Gasteiger partial charge < -0.3 is 9.42 Å². The Kier molecular flexibility index (Phi) is 3.74. The molecule has 23 heavy (non-hydrogen) atoms. The molecule has 1 unspecified atom stereocenters. The van der Waals surface area contributed by atoms with Gasteiger partial charge in [-0.25, -0.2) is 0 Å². The number of carbonyl (C=O) groups excluding carboxylic acids is 1. The van der Waals surface area contributed by atoms with Gasteiger partial charge in [0, 0.05) is 24.1 Å². The molecule has 1 saturated heterocycles. The van der Waals surface area contributed by atoms with Crippen LogP contribution in [0.15, 0.2) is 22.7 Å². The molecule has 3 rings (SSSR count). The first-order valence-electron chi connectivity index (χ1n) is 7.97. The number of nitrogens with zero attached hydrogens (tertiary/aromatic N) is 3. The standard InChI is InChI=1S/C18H23N3O2/c1-11-6-7-12(2)14(8-11)21-10-13(9-15(21)22)16-19-17(20-23-16)18(3,4)5/h6-8,13H,9-10H2,1-5H3. The van der Waals surface area contributed by atoms with Gasteiger partial charge in [0.15, 0.2) is 5.82 Å². The minimum absolute atomic E-state index is 0.0361. The topological polar surface area (TPSA) is 59.2 Å². The molecule has 1 aromatic heterocycles. The minimum Gasteiger partial charge on any atom is -0.339 e. The summed E-state index contributed by atoms with van der Waals surface area (Å²) in [5.74, 6) is 1.33. The maximum atomic E-state index is 12.5. The smallest absolute Gasteiger partial charge is 0.232 e. The van der Waals surface area contributed by atoms with E-state index in [-0.39, 0.29) is 17.2 Å². The molecule has 2 aromatic rings. The number of hydrogen-bond acceptors (Lipinski definition) is 4. The summed E-state index contributed by atoms with van der Waals surface area (Å²) in [6.45, 7) is 10.8. The van der Waals surface area contributed by atoms with Gasteiger partial charge >= 0.3 is 0 Å². The van der Waals surface area contributed by atoms with Gasteiger partial charge in [0.05, 0.1) is 5.92 Å². The fourth-order valence-electron chi connectivity index (χ4n) is 2.82. The molecule has 0 spiro atoms. The third kappa shape index (κ3) is 3.00. The van der Waals surface area contributed by atoms with Gasteiger partial charge in [0.25, 0.3) is 0 Å². The van der Waals surface area contributed by atoms with E-state index in [1.54, 1.807) is 0 Å². The molecule has 0 N–H and O–H groups in total. The maximum Gasteiger partial charge on any atom is 0.232 e. The van der Waals surface area contributed by atoms with Crippen LogP contribution in [0.5, 0.6) is 0 Å². The molecule has 1 aromatic carbocycles. The highest BCUT2D eigenvalue weighted by atomic mass is 16.5. The number of aromatic nitrogens is 2. The number of aryl methyl sites for hydroxylation is 2.